The molecule has 1 aromatic carbocycles. The number of amides is 1. The minimum Gasteiger partial charge on any atom is -0.441 e. The lowest BCUT2D eigenvalue weighted by molar-refractivity contribution is 0.0777. The highest BCUT2D eigenvalue weighted by Crippen LogP contribution is 2.18. The fraction of sp³-hybridized carbons (Fsp3) is 0.429. The van der Waals surface area contributed by atoms with Gasteiger partial charge >= 0.3 is 0 Å². The monoisotopic (exact) mass is 261 g/mol. The summed E-state index contributed by atoms with van der Waals surface area (Å²) in [4.78, 5) is 18.2. The molecule has 1 aromatic heterocycles. The van der Waals surface area contributed by atoms with Crippen LogP contribution in [0.2, 0.25) is 0 Å². The van der Waals surface area contributed by atoms with Crippen molar-refractivity contribution in [3.05, 3.63) is 29.7 Å². The van der Waals surface area contributed by atoms with Crippen LogP contribution in [-0.4, -0.2) is 35.9 Å². The number of hydrogen-bond donors (Lipinski definition) is 1. The number of nitrogens with zero attached hydrogens (tertiary/aromatic N) is 2. The zero-order valence-corrected chi connectivity index (χ0v) is 11.5. The second-order valence-electron chi connectivity index (χ2n) is 4.94. The summed E-state index contributed by atoms with van der Waals surface area (Å²) in [5, 5.41) is 0. The first kappa shape index (κ1) is 13.5. The van der Waals surface area contributed by atoms with E-state index in [2.05, 4.69) is 4.98 Å². The Morgan fingerprint density at radius 1 is 1.53 bits per heavy atom. The summed E-state index contributed by atoms with van der Waals surface area (Å²) in [7, 11) is 1.78. The third kappa shape index (κ3) is 2.93. The van der Waals surface area contributed by atoms with Crippen molar-refractivity contribution in [2.75, 3.05) is 20.1 Å². The van der Waals surface area contributed by atoms with Gasteiger partial charge in [-0.15, -0.1) is 0 Å². The maximum absolute atomic E-state index is 12.3. The van der Waals surface area contributed by atoms with E-state index in [-0.39, 0.29) is 11.8 Å². The van der Waals surface area contributed by atoms with Crippen LogP contribution in [0, 0.1) is 12.8 Å². The molecule has 0 aliphatic carbocycles. The number of carbonyl (C=O) groups excluding carboxylic acids is 1. The van der Waals surface area contributed by atoms with Gasteiger partial charge in [0.25, 0.3) is 5.91 Å². The first-order valence-corrected chi connectivity index (χ1v) is 6.34. The quantitative estimate of drug-likeness (QED) is 0.911. The third-order valence-electron chi connectivity index (χ3n) is 3.08. The maximum Gasteiger partial charge on any atom is 0.253 e. The Balaban J connectivity index is 2.20. The van der Waals surface area contributed by atoms with Gasteiger partial charge in [-0.05, 0) is 30.7 Å². The van der Waals surface area contributed by atoms with Crippen LogP contribution in [0.3, 0.4) is 0 Å². The number of aromatic nitrogens is 1. The Kier molecular flexibility index (Phi) is 3.85. The molecule has 0 fully saturated rings. The van der Waals surface area contributed by atoms with Gasteiger partial charge in [0.05, 0.1) is 0 Å². The molecular formula is C14H19N3O2. The van der Waals surface area contributed by atoms with Gasteiger partial charge < -0.3 is 15.1 Å². The molecule has 2 rings (SSSR count). The predicted molar refractivity (Wildman–Crippen MR) is 73.9 cm³/mol. The van der Waals surface area contributed by atoms with Crippen molar-refractivity contribution in [3.63, 3.8) is 0 Å². The summed E-state index contributed by atoms with van der Waals surface area (Å²) >= 11 is 0. The van der Waals surface area contributed by atoms with Crippen molar-refractivity contribution in [3.8, 4) is 0 Å². The molecule has 0 bridgehead atoms. The van der Waals surface area contributed by atoms with E-state index in [1.807, 2.05) is 6.92 Å². The zero-order chi connectivity index (χ0) is 14.0. The average Bonchev–Trinajstić information content (AvgIpc) is 2.76. The fourth-order valence-electron chi connectivity index (χ4n) is 2.02. The number of carbonyl (C=O) groups is 1. The first-order valence-electron chi connectivity index (χ1n) is 6.34. The molecule has 2 N–H and O–H groups in total. The van der Waals surface area contributed by atoms with Gasteiger partial charge in [-0.25, -0.2) is 4.98 Å². The maximum atomic E-state index is 12.3. The van der Waals surface area contributed by atoms with Crippen LogP contribution in [0.25, 0.3) is 11.1 Å². The van der Waals surface area contributed by atoms with Crippen molar-refractivity contribution in [1.82, 2.24) is 9.88 Å². The molecule has 2 aromatic rings. The van der Waals surface area contributed by atoms with Crippen LogP contribution >= 0.6 is 0 Å². The lowest BCUT2D eigenvalue weighted by Crippen LogP contribution is -2.33. The Morgan fingerprint density at radius 3 is 2.95 bits per heavy atom. The number of aryl methyl sites for hydroxylation is 1. The highest BCUT2D eigenvalue weighted by molar-refractivity contribution is 5.96. The third-order valence-corrected chi connectivity index (χ3v) is 3.08. The number of hydrogen-bond acceptors (Lipinski definition) is 4. The SMILES string of the molecule is Cc1nc2ccc(C(=O)N(C)CC(C)CN)cc2o1. The molecule has 1 atom stereocenters. The summed E-state index contributed by atoms with van der Waals surface area (Å²) in [5.74, 6) is 0.853. The van der Waals surface area contributed by atoms with Gasteiger partial charge in [0.2, 0.25) is 0 Å². The lowest BCUT2D eigenvalue weighted by atomic mass is 10.1. The molecule has 1 unspecified atom stereocenters. The molecular weight excluding hydrogens is 242 g/mol. The number of nitrogens with two attached hydrogens (primary N) is 1. The minimum atomic E-state index is -0.0312. The van der Waals surface area contributed by atoms with Crippen LogP contribution in [-0.2, 0) is 0 Å². The van der Waals surface area contributed by atoms with E-state index >= 15 is 0 Å². The van der Waals surface area contributed by atoms with Crippen LogP contribution in [0.5, 0.6) is 0 Å². The van der Waals surface area contributed by atoms with Gasteiger partial charge in [-0.3, -0.25) is 4.79 Å². The van der Waals surface area contributed by atoms with Gasteiger partial charge in [0.1, 0.15) is 5.52 Å². The molecule has 1 heterocycles. The molecule has 0 aliphatic heterocycles. The molecule has 0 radical (unpaired) electrons. The standard InChI is InChI=1S/C14H19N3O2/c1-9(7-15)8-17(3)14(18)11-4-5-12-13(6-11)19-10(2)16-12/h4-6,9H,7-8,15H2,1-3H3. The number of oxazole rings is 1. The molecule has 0 aliphatic rings. The van der Waals surface area contributed by atoms with Crippen LogP contribution < -0.4 is 5.73 Å². The van der Waals surface area contributed by atoms with E-state index in [0.29, 0.717) is 30.1 Å². The van der Waals surface area contributed by atoms with E-state index in [9.17, 15) is 4.79 Å². The first-order chi connectivity index (χ1) is 9.01. The lowest BCUT2D eigenvalue weighted by Gasteiger charge is -2.20. The van der Waals surface area contributed by atoms with Crippen molar-refractivity contribution in [2.45, 2.75) is 13.8 Å². The molecule has 0 spiro atoms. The number of rotatable bonds is 4. The van der Waals surface area contributed by atoms with Gasteiger partial charge in [0, 0.05) is 26.1 Å². The molecule has 0 saturated carbocycles. The van der Waals surface area contributed by atoms with E-state index in [1.54, 1.807) is 37.1 Å². The average molecular weight is 261 g/mol. The topological polar surface area (TPSA) is 72.4 Å². The van der Waals surface area contributed by atoms with Crippen molar-refractivity contribution >= 4 is 17.0 Å². The van der Waals surface area contributed by atoms with Gasteiger partial charge in [-0.2, -0.15) is 0 Å². The van der Waals surface area contributed by atoms with E-state index in [4.69, 9.17) is 10.2 Å². The number of benzene rings is 1. The Bertz CT molecular complexity index is 591. The summed E-state index contributed by atoms with van der Waals surface area (Å²) in [6.07, 6.45) is 0. The van der Waals surface area contributed by atoms with E-state index in [1.165, 1.54) is 0 Å². The molecule has 102 valence electrons. The minimum absolute atomic E-state index is 0.0312. The zero-order valence-electron chi connectivity index (χ0n) is 11.5. The Morgan fingerprint density at radius 2 is 2.26 bits per heavy atom. The van der Waals surface area contributed by atoms with Crippen LogP contribution in [0.15, 0.2) is 22.6 Å². The molecule has 1 amide bonds. The van der Waals surface area contributed by atoms with Gasteiger partial charge in [-0.1, -0.05) is 6.92 Å². The predicted octanol–water partition coefficient (Wildman–Crippen LogP) is 1.80. The summed E-state index contributed by atoms with van der Waals surface area (Å²) in [6, 6.07) is 5.32. The summed E-state index contributed by atoms with van der Waals surface area (Å²) in [5.41, 5.74) is 7.59. The largest absolute Gasteiger partial charge is 0.441 e. The Hall–Kier alpha value is -1.88. The second-order valence-corrected chi connectivity index (χ2v) is 4.94. The Labute approximate surface area is 112 Å². The van der Waals surface area contributed by atoms with E-state index in [0.717, 1.165) is 5.52 Å². The van der Waals surface area contributed by atoms with Crippen molar-refractivity contribution in [2.24, 2.45) is 11.7 Å². The smallest absolute Gasteiger partial charge is 0.253 e. The molecule has 5 nitrogen and oxygen atoms in total. The summed E-state index contributed by atoms with van der Waals surface area (Å²) < 4.78 is 5.44. The van der Waals surface area contributed by atoms with Gasteiger partial charge in [0.15, 0.2) is 11.5 Å². The van der Waals surface area contributed by atoms with Crippen LogP contribution in [0.1, 0.15) is 23.2 Å². The molecule has 0 saturated heterocycles. The molecule has 19 heavy (non-hydrogen) atoms. The number of fused-ring (bicyclic) bond motifs is 1. The fourth-order valence-corrected chi connectivity index (χ4v) is 2.02. The van der Waals surface area contributed by atoms with Crippen molar-refractivity contribution in [1.29, 1.82) is 0 Å². The molecule has 5 heteroatoms. The van der Waals surface area contributed by atoms with Crippen molar-refractivity contribution < 1.29 is 9.21 Å². The second kappa shape index (κ2) is 5.40. The normalized spacial score (nSPS) is 12.6. The van der Waals surface area contributed by atoms with Crippen LogP contribution in [0.4, 0.5) is 0 Å². The van der Waals surface area contributed by atoms with E-state index < -0.39 is 0 Å². The highest BCUT2D eigenvalue weighted by atomic mass is 16.3. The summed E-state index contributed by atoms with van der Waals surface area (Å²) in [6.45, 7) is 5.02. The highest BCUT2D eigenvalue weighted by Gasteiger charge is 2.15.